The minimum atomic E-state index is -1.98. The molecule has 0 bridgehead atoms. The molecule has 0 saturated carbocycles. The van der Waals surface area contributed by atoms with Gasteiger partial charge in [-0.1, -0.05) is 85.6 Å². The number of carbonyl (C=O) groups is 1. The van der Waals surface area contributed by atoms with Crippen LogP contribution in [-0.4, -0.2) is 14.6 Å². The van der Waals surface area contributed by atoms with Gasteiger partial charge in [-0.25, -0.2) is 0 Å². The van der Waals surface area contributed by atoms with Gasteiger partial charge in [0, 0.05) is 5.70 Å². The minimum Gasteiger partial charge on any atom is -0.308 e. The lowest BCUT2D eigenvalue weighted by Gasteiger charge is -2.29. The van der Waals surface area contributed by atoms with Crippen LogP contribution in [0.2, 0.25) is 0 Å². The molecule has 1 amide bonds. The molecular formula is C14H16Cl3NO. The summed E-state index contributed by atoms with van der Waals surface area (Å²) in [5.41, 5.74) is 1.58. The van der Waals surface area contributed by atoms with E-state index in [-0.39, 0.29) is 5.92 Å². The Balaban J connectivity index is 3.00. The first kappa shape index (κ1) is 16.4. The van der Waals surface area contributed by atoms with Crippen molar-refractivity contribution in [2.24, 2.45) is 5.92 Å². The van der Waals surface area contributed by atoms with Gasteiger partial charge in [-0.05, 0) is 11.5 Å². The van der Waals surface area contributed by atoms with Gasteiger partial charge in [0.2, 0.25) is 0 Å². The molecule has 0 unspecified atom stereocenters. The summed E-state index contributed by atoms with van der Waals surface area (Å²) in [6.45, 7) is 8.13. The Labute approximate surface area is 128 Å². The summed E-state index contributed by atoms with van der Waals surface area (Å²) >= 11 is 17.1. The van der Waals surface area contributed by atoms with Crippen LogP contribution in [0.15, 0.2) is 42.6 Å². The maximum absolute atomic E-state index is 12.2. The minimum absolute atomic E-state index is 0.0833. The van der Waals surface area contributed by atoms with Gasteiger partial charge < -0.3 is 4.90 Å². The first-order valence-corrected chi connectivity index (χ1v) is 6.98. The predicted molar refractivity (Wildman–Crippen MR) is 81.3 cm³/mol. The number of rotatable bonds is 4. The maximum Gasteiger partial charge on any atom is 0.279 e. The van der Waals surface area contributed by atoms with Crippen molar-refractivity contribution in [1.82, 2.24) is 4.90 Å². The number of hydrogen-bond acceptors (Lipinski definition) is 1. The van der Waals surface area contributed by atoms with E-state index in [0.717, 1.165) is 5.56 Å². The molecule has 0 aliphatic heterocycles. The Morgan fingerprint density at radius 3 is 2.21 bits per heavy atom. The molecule has 0 N–H and O–H groups in total. The number of nitrogens with zero attached hydrogens (tertiary/aromatic N) is 1. The Morgan fingerprint density at radius 1 is 1.26 bits per heavy atom. The molecule has 0 fully saturated rings. The second-order valence-corrected chi connectivity index (χ2v) is 6.80. The average Bonchev–Trinajstić information content (AvgIpc) is 2.34. The van der Waals surface area contributed by atoms with Crippen molar-refractivity contribution in [2.75, 3.05) is 0 Å². The van der Waals surface area contributed by atoms with E-state index in [2.05, 4.69) is 6.58 Å². The van der Waals surface area contributed by atoms with Crippen LogP contribution in [0.1, 0.15) is 19.4 Å². The predicted octanol–water partition coefficient (Wildman–Crippen LogP) is 4.56. The lowest BCUT2D eigenvalue weighted by atomic mass is 10.1. The van der Waals surface area contributed by atoms with Crippen molar-refractivity contribution in [3.8, 4) is 0 Å². The summed E-state index contributed by atoms with van der Waals surface area (Å²) in [7, 11) is 0. The molecule has 0 atom stereocenters. The summed E-state index contributed by atoms with van der Waals surface area (Å²) in [6, 6.07) is 9.51. The van der Waals surface area contributed by atoms with E-state index in [4.69, 9.17) is 34.8 Å². The lowest BCUT2D eigenvalue weighted by Crippen LogP contribution is -2.39. The van der Waals surface area contributed by atoms with Gasteiger partial charge in [0.25, 0.3) is 9.70 Å². The standard InChI is InChI=1S/C14H16Cl3NO/c1-10(2)11(3)18(13(19)14(15,16)17)9-12-7-5-4-6-8-12/h4-8,10H,3,9H2,1-2H3. The van der Waals surface area contributed by atoms with Gasteiger partial charge in [0.1, 0.15) is 0 Å². The molecule has 0 aromatic heterocycles. The van der Waals surface area contributed by atoms with Gasteiger partial charge in [0.15, 0.2) is 0 Å². The van der Waals surface area contributed by atoms with Crippen LogP contribution in [0, 0.1) is 5.92 Å². The highest BCUT2D eigenvalue weighted by atomic mass is 35.6. The van der Waals surface area contributed by atoms with Crippen molar-refractivity contribution in [3.05, 3.63) is 48.2 Å². The van der Waals surface area contributed by atoms with Crippen LogP contribution >= 0.6 is 34.8 Å². The highest BCUT2D eigenvalue weighted by molar-refractivity contribution is 6.76. The average molecular weight is 321 g/mol. The van der Waals surface area contributed by atoms with Crippen LogP contribution in [0.25, 0.3) is 0 Å². The molecule has 1 rings (SSSR count). The summed E-state index contributed by atoms with van der Waals surface area (Å²) in [4.78, 5) is 13.6. The van der Waals surface area contributed by atoms with E-state index < -0.39 is 9.70 Å². The van der Waals surface area contributed by atoms with E-state index in [1.165, 1.54) is 4.90 Å². The largest absolute Gasteiger partial charge is 0.308 e. The third kappa shape index (κ3) is 4.72. The van der Waals surface area contributed by atoms with Gasteiger partial charge >= 0.3 is 0 Å². The third-order valence-corrected chi connectivity index (χ3v) is 3.17. The number of amides is 1. The number of hydrogen-bond donors (Lipinski definition) is 0. The fourth-order valence-corrected chi connectivity index (χ4v) is 1.84. The van der Waals surface area contributed by atoms with E-state index in [1.807, 2.05) is 44.2 Å². The molecule has 104 valence electrons. The van der Waals surface area contributed by atoms with E-state index in [1.54, 1.807) is 0 Å². The fourth-order valence-electron chi connectivity index (χ4n) is 1.53. The number of benzene rings is 1. The van der Waals surface area contributed by atoms with Crippen molar-refractivity contribution in [2.45, 2.75) is 24.2 Å². The van der Waals surface area contributed by atoms with Gasteiger partial charge in [-0.3, -0.25) is 4.79 Å². The number of alkyl halides is 3. The second kappa shape index (κ2) is 6.65. The zero-order chi connectivity index (χ0) is 14.6. The molecule has 0 aliphatic carbocycles. The first-order valence-electron chi connectivity index (χ1n) is 5.85. The molecule has 19 heavy (non-hydrogen) atoms. The number of carbonyl (C=O) groups excluding carboxylic acids is 1. The second-order valence-electron chi connectivity index (χ2n) is 4.52. The van der Waals surface area contributed by atoms with Crippen molar-refractivity contribution >= 4 is 40.7 Å². The Hall–Kier alpha value is -0.700. The molecule has 0 aliphatic rings. The molecule has 1 aromatic rings. The monoisotopic (exact) mass is 319 g/mol. The Kier molecular flexibility index (Phi) is 5.72. The van der Waals surface area contributed by atoms with Crippen LogP contribution in [0.4, 0.5) is 0 Å². The highest BCUT2D eigenvalue weighted by Crippen LogP contribution is 2.31. The van der Waals surface area contributed by atoms with Crippen molar-refractivity contribution in [1.29, 1.82) is 0 Å². The SMILES string of the molecule is C=C(C(C)C)N(Cc1ccccc1)C(=O)C(Cl)(Cl)Cl. The van der Waals surface area contributed by atoms with Crippen molar-refractivity contribution < 1.29 is 4.79 Å². The normalized spacial score (nSPS) is 11.5. The zero-order valence-electron chi connectivity index (χ0n) is 10.9. The van der Waals surface area contributed by atoms with E-state index in [9.17, 15) is 4.79 Å². The quantitative estimate of drug-likeness (QED) is 0.745. The molecule has 0 spiro atoms. The molecule has 5 heteroatoms. The molecule has 0 saturated heterocycles. The van der Waals surface area contributed by atoms with Gasteiger partial charge in [-0.2, -0.15) is 0 Å². The van der Waals surface area contributed by atoms with Crippen LogP contribution in [-0.2, 0) is 11.3 Å². The third-order valence-electron chi connectivity index (χ3n) is 2.68. The number of allylic oxidation sites excluding steroid dienone is 1. The smallest absolute Gasteiger partial charge is 0.279 e. The molecule has 2 nitrogen and oxygen atoms in total. The first-order chi connectivity index (χ1) is 8.73. The maximum atomic E-state index is 12.2. The number of halogens is 3. The lowest BCUT2D eigenvalue weighted by molar-refractivity contribution is -0.129. The summed E-state index contributed by atoms with van der Waals surface area (Å²) in [6.07, 6.45) is 0. The zero-order valence-corrected chi connectivity index (χ0v) is 13.1. The van der Waals surface area contributed by atoms with Gasteiger partial charge in [-0.15, -0.1) is 0 Å². The fraction of sp³-hybridized carbons (Fsp3) is 0.357. The summed E-state index contributed by atoms with van der Waals surface area (Å²) < 4.78 is -1.98. The van der Waals surface area contributed by atoms with Crippen molar-refractivity contribution in [3.63, 3.8) is 0 Å². The van der Waals surface area contributed by atoms with Crippen LogP contribution < -0.4 is 0 Å². The van der Waals surface area contributed by atoms with E-state index >= 15 is 0 Å². The topological polar surface area (TPSA) is 20.3 Å². The van der Waals surface area contributed by atoms with Crippen LogP contribution in [0.3, 0.4) is 0 Å². The Morgan fingerprint density at radius 2 is 1.79 bits per heavy atom. The molecule has 0 radical (unpaired) electrons. The molecule has 1 aromatic carbocycles. The van der Waals surface area contributed by atoms with Gasteiger partial charge in [0.05, 0.1) is 6.54 Å². The van der Waals surface area contributed by atoms with Crippen LogP contribution in [0.5, 0.6) is 0 Å². The highest BCUT2D eigenvalue weighted by Gasteiger charge is 2.36. The summed E-state index contributed by atoms with van der Waals surface area (Å²) in [5.74, 6) is -0.500. The van der Waals surface area contributed by atoms with E-state index in [0.29, 0.717) is 12.2 Å². The Bertz CT molecular complexity index is 452. The summed E-state index contributed by atoms with van der Waals surface area (Å²) in [5, 5.41) is 0. The molecular weight excluding hydrogens is 305 g/mol. The molecule has 0 heterocycles.